The molecule has 0 amide bonds. The SMILES string of the molecule is COc1ccc(OC)c(C(=O)OCC(=O)c2cc(F)ccc2OC)c1. The van der Waals surface area contributed by atoms with Crippen molar-refractivity contribution in [3.05, 3.63) is 53.3 Å². The third-order valence-electron chi connectivity index (χ3n) is 3.42. The van der Waals surface area contributed by atoms with E-state index in [9.17, 15) is 14.0 Å². The Kier molecular flexibility index (Phi) is 5.94. The van der Waals surface area contributed by atoms with Gasteiger partial charge in [-0.15, -0.1) is 0 Å². The Labute approximate surface area is 144 Å². The molecule has 0 heterocycles. The van der Waals surface area contributed by atoms with Crippen LogP contribution in [0.3, 0.4) is 0 Å². The van der Waals surface area contributed by atoms with Crippen molar-refractivity contribution in [2.24, 2.45) is 0 Å². The first-order chi connectivity index (χ1) is 12.0. The summed E-state index contributed by atoms with van der Waals surface area (Å²) >= 11 is 0. The largest absolute Gasteiger partial charge is 0.497 e. The molecule has 7 heteroatoms. The van der Waals surface area contributed by atoms with Gasteiger partial charge in [0.05, 0.1) is 26.9 Å². The lowest BCUT2D eigenvalue weighted by atomic mass is 10.1. The van der Waals surface area contributed by atoms with Crippen molar-refractivity contribution in [3.63, 3.8) is 0 Å². The summed E-state index contributed by atoms with van der Waals surface area (Å²) in [5, 5.41) is 0. The van der Waals surface area contributed by atoms with Gasteiger partial charge in [0, 0.05) is 0 Å². The molecule has 6 nitrogen and oxygen atoms in total. The third kappa shape index (κ3) is 4.26. The van der Waals surface area contributed by atoms with Crippen LogP contribution in [0.5, 0.6) is 17.2 Å². The topological polar surface area (TPSA) is 71.1 Å². The third-order valence-corrected chi connectivity index (χ3v) is 3.42. The van der Waals surface area contributed by atoms with E-state index in [0.717, 1.165) is 6.07 Å². The van der Waals surface area contributed by atoms with Crippen molar-refractivity contribution in [1.29, 1.82) is 0 Å². The molecule has 0 aliphatic rings. The molecule has 0 saturated heterocycles. The number of ketones is 1. The number of carbonyl (C=O) groups is 2. The standard InChI is InChI=1S/C18H17FO6/c1-22-12-5-7-17(24-3)14(9-12)18(21)25-10-15(20)13-8-11(19)4-6-16(13)23-2/h4-9H,10H2,1-3H3. The molecule has 2 aromatic carbocycles. The monoisotopic (exact) mass is 348 g/mol. The van der Waals surface area contributed by atoms with Crippen LogP contribution >= 0.6 is 0 Å². The maximum Gasteiger partial charge on any atom is 0.342 e. The van der Waals surface area contributed by atoms with Gasteiger partial charge in [-0.3, -0.25) is 4.79 Å². The van der Waals surface area contributed by atoms with Gasteiger partial charge in [-0.25, -0.2) is 9.18 Å². The first-order valence-electron chi connectivity index (χ1n) is 7.26. The molecule has 0 aromatic heterocycles. The van der Waals surface area contributed by atoms with Gasteiger partial charge >= 0.3 is 5.97 Å². The highest BCUT2D eigenvalue weighted by molar-refractivity contribution is 6.01. The van der Waals surface area contributed by atoms with E-state index < -0.39 is 24.2 Å². The normalized spacial score (nSPS) is 10.1. The fourth-order valence-electron chi connectivity index (χ4n) is 2.16. The smallest absolute Gasteiger partial charge is 0.342 e. The van der Waals surface area contributed by atoms with Crippen LogP contribution in [-0.2, 0) is 4.74 Å². The van der Waals surface area contributed by atoms with Crippen molar-refractivity contribution < 1.29 is 32.9 Å². The van der Waals surface area contributed by atoms with E-state index in [0.29, 0.717) is 5.75 Å². The minimum atomic E-state index is -0.764. The van der Waals surface area contributed by atoms with Crippen molar-refractivity contribution in [1.82, 2.24) is 0 Å². The Morgan fingerprint density at radius 3 is 2.16 bits per heavy atom. The molecule has 0 unspecified atom stereocenters. The van der Waals surface area contributed by atoms with Crippen molar-refractivity contribution in [2.75, 3.05) is 27.9 Å². The van der Waals surface area contributed by atoms with Gasteiger partial charge in [-0.05, 0) is 36.4 Å². The van der Waals surface area contributed by atoms with Gasteiger partial charge in [-0.1, -0.05) is 0 Å². The van der Waals surface area contributed by atoms with Crippen LogP contribution in [0.2, 0.25) is 0 Å². The van der Waals surface area contributed by atoms with Crippen LogP contribution in [0, 0.1) is 5.82 Å². The van der Waals surface area contributed by atoms with E-state index in [2.05, 4.69) is 0 Å². The molecule has 0 bridgehead atoms. The highest BCUT2D eigenvalue weighted by Crippen LogP contribution is 2.25. The lowest BCUT2D eigenvalue weighted by Gasteiger charge is -2.11. The van der Waals surface area contributed by atoms with Crippen LogP contribution in [0.4, 0.5) is 4.39 Å². The maximum absolute atomic E-state index is 13.3. The van der Waals surface area contributed by atoms with Crippen LogP contribution in [-0.4, -0.2) is 39.7 Å². The lowest BCUT2D eigenvalue weighted by molar-refractivity contribution is 0.0470. The summed E-state index contributed by atoms with van der Waals surface area (Å²) in [6.07, 6.45) is 0. The number of halogens is 1. The number of hydrogen-bond acceptors (Lipinski definition) is 6. The number of esters is 1. The Morgan fingerprint density at radius 2 is 1.52 bits per heavy atom. The van der Waals surface area contributed by atoms with Crippen LogP contribution < -0.4 is 14.2 Å². The predicted octanol–water partition coefficient (Wildman–Crippen LogP) is 2.89. The molecular formula is C18H17FO6. The molecule has 2 rings (SSSR count). The lowest BCUT2D eigenvalue weighted by Crippen LogP contribution is -2.16. The second-order valence-electron chi connectivity index (χ2n) is 4.91. The fraction of sp³-hybridized carbons (Fsp3) is 0.222. The number of methoxy groups -OCH3 is 3. The van der Waals surface area contributed by atoms with Crippen LogP contribution in [0.1, 0.15) is 20.7 Å². The second kappa shape index (κ2) is 8.14. The van der Waals surface area contributed by atoms with Gasteiger partial charge in [0.15, 0.2) is 6.61 Å². The van der Waals surface area contributed by atoms with Crippen LogP contribution in [0.25, 0.3) is 0 Å². The minimum absolute atomic E-state index is 0.00657. The number of Topliss-reactive ketones (excluding diaryl/α,β-unsaturated/α-hetero) is 1. The van der Waals surface area contributed by atoms with E-state index in [-0.39, 0.29) is 22.6 Å². The summed E-state index contributed by atoms with van der Waals surface area (Å²) in [6.45, 7) is -0.570. The first-order valence-corrected chi connectivity index (χ1v) is 7.26. The molecule has 25 heavy (non-hydrogen) atoms. The zero-order valence-electron chi connectivity index (χ0n) is 14.0. The molecule has 0 radical (unpaired) electrons. The quantitative estimate of drug-likeness (QED) is 0.566. The van der Waals surface area contributed by atoms with E-state index in [1.165, 1.54) is 39.5 Å². The highest BCUT2D eigenvalue weighted by Gasteiger charge is 2.19. The number of ether oxygens (including phenoxy) is 4. The Bertz CT molecular complexity index is 787. The Morgan fingerprint density at radius 1 is 0.880 bits per heavy atom. The van der Waals surface area contributed by atoms with E-state index in [1.54, 1.807) is 12.1 Å². The summed E-state index contributed by atoms with van der Waals surface area (Å²) in [4.78, 5) is 24.4. The van der Waals surface area contributed by atoms with Gasteiger partial charge < -0.3 is 18.9 Å². The fourth-order valence-corrected chi connectivity index (χ4v) is 2.16. The molecule has 0 aliphatic carbocycles. The van der Waals surface area contributed by atoms with Crippen molar-refractivity contribution in [2.45, 2.75) is 0 Å². The number of rotatable bonds is 7. The average molecular weight is 348 g/mol. The van der Waals surface area contributed by atoms with Crippen molar-refractivity contribution >= 4 is 11.8 Å². The Hall–Kier alpha value is -3.09. The molecule has 132 valence electrons. The summed E-state index contributed by atoms with van der Waals surface area (Å²) in [6, 6.07) is 8.14. The minimum Gasteiger partial charge on any atom is -0.497 e. The van der Waals surface area contributed by atoms with Gasteiger partial charge in [-0.2, -0.15) is 0 Å². The van der Waals surface area contributed by atoms with E-state index in [1.807, 2.05) is 0 Å². The summed E-state index contributed by atoms with van der Waals surface area (Å²) in [5.74, 6) is -1.04. The first kappa shape index (κ1) is 18.3. The molecule has 0 spiro atoms. The predicted molar refractivity (Wildman–Crippen MR) is 87.1 cm³/mol. The van der Waals surface area contributed by atoms with Crippen LogP contribution in [0.15, 0.2) is 36.4 Å². The van der Waals surface area contributed by atoms with Crippen molar-refractivity contribution in [3.8, 4) is 17.2 Å². The van der Waals surface area contributed by atoms with E-state index >= 15 is 0 Å². The molecule has 0 aliphatic heterocycles. The molecular weight excluding hydrogens is 331 g/mol. The summed E-state index contributed by atoms with van der Waals surface area (Å²) < 4.78 is 33.5. The summed E-state index contributed by atoms with van der Waals surface area (Å²) in [7, 11) is 4.22. The maximum atomic E-state index is 13.3. The molecule has 2 aromatic rings. The van der Waals surface area contributed by atoms with Gasteiger partial charge in [0.1, 0.15) is 28.6 Å². The highest BCUT2D eigenvalue weighted by atomic mass is 19.1. The number of benzene rings is 2. The number of hydrogen-bond donors (Lipinski definition) is 0. The Balaban J connectivity index is 2.15. The van der Waals surface area contributed by atoms with E-state index in [4.69, 9.17) is 18.9 Å². The summed E-state index contributed by atoms with van der Waals surface area (Å²) in [5.41, 5.74) is 0.105. The molecule has 0 fully saturated rings. The zero-order chi connectivity index (χ0) is 18.4. The molecule has 0 N–H and O–H groups in total. The molecule has 0 saturated carbocycles. The molecule has 0 atom stereocenters. The zero-order valence-corrected chi connectivity index (χ0v) is 14.0. The second-order valence-corrected chi connectivity index (χ2v) is 4.91. The number of carbonyl (C=O) groups excluding carboxylic acids is 2. The van der Waals surface area contributed by atoms with Gasteiger partial charge in [0.25, 0.3) is 0 Å². The van der Waals surface area contributed by atoms with Gasteiger partial charge in [0.2, 0.25) is 5.78 Å². The average Bonchev–Trinajstić information content (AvgIpc) is 2.65.